The summed E-state index contributed by atoms with van der Waals surface area (Å²) in [7, 11) is 0. The number of anilines is 1. The van der Waals surface area contributed by atoms with E-state index >= 15 is 0 Å². The lowest BCUT2D eigenvalue weighted by Gasteiger charge is -2.06. The van der Waals surface area contributed by atoms with Crippen molar-refractivity contribution in [3.8, 4) is 0 Å². The van der Waals surface area contributed by atoms with Crippen molar-refractivity contribution in [2.45, 2.75) is 5.25 Å². The second-order valence-electron chi connectivity index (χ2n) is 3.17. The first-order valence-corrected chi connectivity index (χ1v) is 6.98. The maximum Gasteiger partial charge on any atom is 0.161 e. The van der Waals surface area contributed by atoms with Crippen molar-refractivity contribution in [2.24, 2.45) is 4.99 Å². The number of benzene rings is 1. The normalized spacial score (nSPS) is 20.1. The number of nitrogens with one attached hydrogen (secondary N) is 1. The molecule has 0 saturated heterocycles. The van der Waals surface area contributed by atoms with Crippen LogP contribution in [0.5, 0.6) is 0 Å². The molecule has 1 aliphatic heterocycles. The number of halogens is 2. The van der Waals surface area contributed by atoms with Gasteiger partial charge in [-0.05, 0) is 24.3 Å². The average molecular weight is 336 g/mol. The summed E-state index contributed by atoms with van der Waals surface area (Å²) < 4.78 is 13.8. The Morgan fingerprint density at radius 3 is 2.80 bits per heavy atom. The molecule has 15 heavy (non-hydrogen) atoms. The molecule has 0 unspecified atom stereocenters. The highest BCUT2D eigenvalue weighted by atomic mass is 127. The predicted molar refractivity (Wildman–Crippen MR) is 72.6 cm³/mol. The van der Waals surface area contributed by atoms with Crippen LogP contribution in [0.1, 0.15) is 0 Å². The van der Waals surface area contributed by atoms with E-state index < -0.39 is 0 Å². The maximum absolute atomic E-state index is 12.7. The smallest absolute Gasteiger partial charge is 0.161 e. The van der Waals surface area contributed by atoms with Gasteiger partial charge >= 0.3 is 0 Å². The Balaban J connectivity index is 1.95. The molecular formula is C10H10FIN2S. The van der Waals surface area contributed by atoms with Crippen LogP contribution in [0.4, 0.5) is 10.1 Å². The zero-order chi connectivity index (χ0) is 10.7. The summed E-state index contributed by atoms with van der Waals surface area (Å²) in [5, 5.41) is 4.69. The SMILES string of the molecule is Fc1ccc(NC2=NC[C@H](CI)S2)cc1. The molecule has 1 aromatic carbocycles. The number of nitrogens with zero attached hydrogens (tertiary/aromatic N) is 1. The Labute approximate surface area is 106 Å². The van der Waals surface area contributed by atoms with Crippen molar-refractivity contribution < 1.29 is 4.39 Å². The first-order valence-electron chi connectivity index (χ1n) is 4.57. The Morgan fingerprint density at radius 1 is 1.47 bits per heavy atom. The van der Waals surface area contributed by atoms with Gasteiger partial charge in [0.2, 0.25) is 0 Å². The van der Waals surface area contributed by atoms with Crippen molar-refractivity contribution in [2.75, 3.05) is 16.3 Å². The van der Waals surface area contributed by atoms with E-state index in [4.69, 9.17) is 0 Å². The fourth-order valence-corrected chi connectivity index (χ4v) is 2.89. The number of hydrogen-bond acceptors (Lipinski definition) is 3. The number of amidine groups is 1. The largest absolute Gasteiger partial charge is 0.335 e. The Hall–Kier alpha value is -0.300. The number of aliphatic imine (C=N–C) groups is 1. The molecule has 2 rings (SSSR count). The van der Waals surface area contributed by atoms with Gasteiger partial charge in [0.05, 0.1) is 6.54 Å². The van der Waals surface area contributed by atoms with E-state index in [-0.39, 0.29) is 5.82 Å². The Kier molecular flexibility index (Phi) is 3.85. The highest BCUT2D eigenvalue weighted by Crippen LogP contribution is 2.24. The van der Waals surface area contributed by atoms with Crippen LogP contribution < -0.4 is 5.32 Å². The van der Waals surface area contributed by atoms with Gasteiger partial charge in [-0.15, -0.1) is 0 Å². The van der Waals surface area contributed by atoms with Crippen molar-refractivity contribution in [1.29, 1.82) is 0 Å². The maximum atomic E-state index is 12.7. The van der Waals surface area contributed by atoms with E-state index in [1.54, 1.807) is 23.9 Å². The van der Waals surface area contributed by atoms with Crippen LogP contribution in [0.2, 0.25) is 0 Å². The lowest BCUT2D eigenvalue weighted by Crippen LogP contribution is -2.08. The lowest BCUT2D eigenvalue weighted by molar-refractivity contribution is 0.628. The lowest BCUT2D eigenvalue weighted by atomic mass is 10.3. The molecule has 0 aromatic heterocycles. The van der Waals surface area contributed by atoms with Gasteiger partial charge in [0.15, 0.2) is 5.17 Å². The highest BCUT2D eigenvalue weighted by Gasteiger charge is 2.18. The topological polar surface area (TPSA) is 24.4 Å². The third-order valence-electron chi connectivity index (χ3n) is 1.98. The zero-order valence-corrected chi connectivity index (χ0v) is 10.9. The molecule has 0 bridgehead atoms. The van der Waals surface area contributed by atoms with Crippen molar-refractivity contribution in [3.05, 3.63) is 30.1 Å². The summed E-state index contributed by atoms with van der Waals surface area (Å²) in [4.78, 5) is 4.38. The molecule has 80 valence electrons. The van der Waals surface area contributed by atoms with Gasteiger partial charge in [-0.3, -0.25) is 4.99 Å². The summed E-state index contributed by atoms with van der Waals surface area (Å²) in [6.07, 6.45) is 0. The highest BCUT2D eigenvalue weighted by molar-refractivity contribution is 14.1. The molecular weight excluding hydrogens is 326 g/mol. The van der Waals surface area contributed by atoms with E-state index in [9.17, 15) is 4.39 Å². The van der Waals surface area contributed by atoms with Gasteiger partial charge in [-0.25, -0.2) is 4.39 Å². The van der Waals surface area contributed by atoms with Crippen LogP contribution in [0, 0.1) is 5.82 Å². The second-order valence-corrected chi connectivity index (χ2v) is 5.34. The van der Waals surface area contributed by atoms with E-state index in [0.717, 1.165) is 21.8 Å². The summed E-state index contributed by atoms with van der Waals surface area (Å²) in [6, 6.07) is 6.32. The fourth-order valence-electron chi connectivity index (χ4n) is 1.22. The van der Waals surface area contributed by atoms with Crippen molar-refractivity contribution in [1.82, 2.24) is 0 Å². The Morgan fingerprint density at radius 2 is 2.20 bits per heavy atom. The minimum absolute atomic E-state index is 0.216. The van der Waals surface area contributed by atoms with Crippen LogP contribution in [-0.2, 0) is 0 Å². The van der Waals surface area contributed by atoms with E-state index in [2.05, 4.69) is 32.9 Å². The molecule has 1 heterocycles. The molecule has 0 aliphatic carbocycles. The fraction of sp³-hybridized carbons (Fsp3) is 0.300. The first-order chi connectivity index (χ1) is 7.28. The molecule has 2 nitrogen and oxygen atoms in total. The van der Waals surface area contributed by atoms with Gasteiger partial charge in [0.25, 0.3) is 0 Å². The first kappa shape index (κ1) is 11.2. The van der Waals surface area contributed by atoms with Gasteiger partial charge in [0.1, 0.15) is 5.82 Å². The summed E-state index contributed by atoms with van der Waals surface area (Å²) in [5.41, 5.74) is 0.886. The van der Waals surface area contributed by atoms with Crippen LogP contribution in [0.3, 0.4) is 0 Å². The summed E-state index contributed by atoms with van der Waals surface area (Å²) in [6.45, 7) is 0.872. The number of thioether (sulfide) groups is 1. The van der Waals surface area contributed by atoms with Gasteiger partial charge in [0, 0.05) is 15.4 Å². The van der Waals surface area contributed by atoms with Gasteiger partial charge < -0.3 is 5.32 Å². The van der Waals surface area contributed by atoms with E-state index in [0.29, 0.717) is 5.25 Å². The number of hydrogen-bond donors (Lipinski definition) is 1. The minimum Gasteiger partial charge on any atom is -0.335 e. The van der Waals surface area contributed by atoms with Gasteiger partial charge in [-0.2, -0.15) is 0 Å². The molecule has 5 heteroatoms. The van der Waals surface area contributed by atoms with Crippen LogP contribution in [0.25, 0.3) is 0 Å². The van der Waals surface area contributed by atoms with Crippen molar-refractivity contribution in [3.63, 3.8) is 0 Å². The van der Waals surface area contributed by atoms with Gasteiger partial charge in [-0.1, -0.05) is 34.4 Å². The minimum atomic E-state index is -0.216. The number of alkyl halides is 1. The number of rotatable bonds is 2. The second kappa shape index (κ2) is 5.16. The molecule has 1 atom stereocenters. The quantitative estimate of drug-likeness (QED) is 0.663. The monoisotopic (exact) mass is 336 g/mol. The molecule has 0 saturated carbocycles. The Bertz CT molecular complexity index is 366. The molecule has 0 spiro atoms. The third kappa shape index (κ3) is 3.07. The molecule has 0 fully saturated rings. The van der Waals surface area contributed by atoms with Crippen LogP contribution in [0.15, 0.2) is 29.3 Å². The molecule has 1 N–H and O–H groups in total. The predicted octanol–water partition coefficient (Wildman–Crippen LogP) is 3.14. The summed E-state index contributed by atoms with van der Waals surface area (Å²) >= 11 is 4.11. The molecule has 1 aromatic rings. The molecule has 0 amide bonds. The zero-order valence-electron chi connectivity index (χ0n) is 7.91. The van der Waals surface area contributed by atoms with Crippen molar-refractivity contribution >= 4 is 45.2 Å². The van der Waals surface area contributed by atoms with E-state index in [1.807, 2.05) is 0 Å². The van der Waals surface area contributed by atoms with Crippen LogP contribution in [-0.4, -0.2) is 21.4 Å². The van der Waals surface area contributed by atoms with E-state index in [1.165, 1.54) is 12.1 Å². The standard InChI is InChI=1S/C10H10FIN2S/c11-7-1-3-8(4-2-7)14-10-13-6-9(5-12)15-10/h1-4,9H,5-6H2,(H,13,14)/t9-/m0/s1. The average Bonchev–Trinajstić information content (AvgIpc) is 2.69. The third-order valence-corrected chi connectivity index (χ3v) is 4.75. The molecule has 0 radical (unpaired) electrons. The van der Waals surface area contributed by atoms with Crippen LogP contribution >= 0.6 is 34.4 Å². The summed E-state index contributed by atoms with van der Waals surface area (Å²) in [5.74, 6) is -0.216. The molecule has 1 aliphatic rings.